The van der Waals surface area contributed by atoms with E-state index in [4.69, 9.17) is 0 Å². The predicted octanol–water partition coefficient (Wildman–Crippen LogP) is 3.07. The number of carboxylic acid groups (broad SMARTS) is 1. The molecule has 0 aromatic heterocycles. The van der Waals surface area contributed by atoms with Crippen LogP contribution in [-0.4, -0.2) is 27.8 Å². The number of amides is 1. The van der Waals surface area contributed by atoms with Crippen LogP contribution in [0.1, 0.15) is 56.1 Å². The lowest BCUT2D eigenvalue weighted by Gasteiger charge is -2.33. The molecule has 1 aromatic carbocycles. The van der Waals surface area contributed by atoms with Gasteiger partial charge in [0.25, 0.3) is 0 Å². The molecule has 0 spiro atoms. The van der Waals surface area contributed by atoms with Gasteiger partial charge in [0.05, 0.1) is 6.10 Å². The van der Waals surface area contributed by atoms with Crippen LogP contribution in [0.5, 0.6) is 0 Å². The minimum absolute atomic E-state index is 0.0205. The Labute approximate surface area is 120 Å². The molecule has 1 heterocycles. The number of hydrogen-bond donors (Lipinski definition) is 2. The minimum atomic E-state index is -0.895. The lowest BCUT2D eigenvalue weighted by Crippen LogP contribution is -2.36. The maximum Gasteiger partial charge on any atom is 0.407 e. The van der Waals surface area contributed by atoms with E-state index >= 15 is 0 Å². The van der Waals surface area contributed by atoms with Gasteiger partial charge in [-0.2, -0.15) is 0 Å². The summed E-state index contributed by atoms with van der Waals surface area (Å²) in [4.78, 5) is 12.6. The van der Waals surface area contributed by atoms with Crippen molar-refractivity contribution in [1.82, 2.24) is 4.90 Å². The van der Waals surface area contributed by atoms with E-state index in [1.54, 1.807) is 6.92 Å². The molecule has 1 amide bonds. The highest BCUT2D eigenvalue weighted by atomic mass is 16.4. The fourth-order valence-corrected chi connectivity index (χ4v) is 2.96. The topological polar surface area (TPSA) is 60.8 Å². The van der Waals surface area contributed by atoms with Crippen LogP contribution in [0, 0.1) is 0 Å². The molecule has 1 aromatic rings. The average Bonchev–Trinajstić information content (AvgIpc) is 2.35. The molecule has 2 N–H and O–H groups in total. The van der Waals surface area contributed by atoms with Crippen LogP contribution < -0.4 is 0 Å². The zero-order valence-electron chi connectivity index (χ0n) is 12.6. The summed E-state index contributed by atoms with van der Waals surface area (Å²) in [6.45, 7) is 9.10. The third kappa shape index (κ3) is 2.66. The van der Waals surface area contributed by atoms with E-state index in [1.165, 1.54) is 16.0 Å². The molecule has 1 atom stereocenters. The van der Waals surface area contributed by atoms with Gasteiger partial charge < -0.3 is 15.1 Å². The van der Waals surface area contributed by atoms with E-state index in [0.717, 1.165) is 17.5 Å². The number of rotatable bonds is 1. The van der Waals surface area contributed by atoms with Crippen LogP contribution in [0.15, 0.2) is 12.1 Å². The van der Waals surface area contributed by atoms with Gasteiger partial charge in [-0.25, -0.2) is 4.79 Å². The predicted molar refractivity (Wildman–Crippen MR) is 77.9 cm³/mol. The SMILES string of the molecule is CC(O)c1ccc(C(C)(C)C)c2c1CN(C(=O)O)CC2. The Hall–Kier alpha value is -1.55. The molecule has 1 unspecified atom stereocenters. The van der Waals surface area contributed by atoms with Crippen LogP contribution in [0.2, 0.25) is 0 Å². The molecule has 0 radical (unpaired) electrons. The number of nitrogens with zero attached hydrogens (tertiary/aromatic N) is 1. The molecule has 1 aliphatic rings. The molecule has 4 nitrogen and oxygen atoms in total. The first-order valence-corrected chi connectivity index (χ1v) is 7.03. The standard InChI is InChI=1S/C16H23NO3/c1-10(18)11-5-6-14(16(2,3)4)12-7-8-17(15(19)20)9-13(11)12/h5-6,10,18H,7-9H2,1-4H3,(H,19,20). The molecule has 0 aliphatic carbocycles. The second kappa shape index (κ2) is 5.09. The fourth-order valence-electron chi connectivity index (χ4n) is 2.96. The molecule has 0 bridgehead atoms. The summed E-state index contributed by atoms with van der Waals surface area (Å²) >= 11 is 0. The van der Waals surface area contributed by atoms with Gasteiger partial charge in [-0.05, 0) is 41.0 Å². The number of aliphatic hydroxyl groups is 1. The number of carbonyl (C=O) groups is 1. The van der Waals surface area contributed by atoms with E-state index in [1.807, 2.05) is 6.07 Å². The zero-order valence-corrected chi connectivity index (χ0v) is 12.6. The Kier molecular flexibility index (Phi) is 3.78. The van der Waals surface area contributed by atoms with E-state index in [2.05, 4.69) is 26.8 Å². The number of fused-ring (bicyclic) bond motifs is 1. The van der Waals surface area contributed by atoms with E-state index in [9.17, 15) is 15.0 Å². The molecule has 0 fully saturated rings. The van der Waals surface area contributed by atoms with Crippen LogP contribution in [0.3, 0.4) is 0 Å². The van der Waals surface area contributed by atoms with Crippen molar-refractivity contribution in [1.29, 1.82) is 0 Å². The Balaban J connectivity index is 2.56. The molecular weight excluding hydrogens is 254 g/mol. The molecule has 20 heavy (non-hydrogen) atoms. The average molecular weight is 277 g/mol. The highest BCUT2D eigenvalue weighted by molar-refractivity contribution is 5.66. The van der Waals surface area contributed by atoms with Crippen molar-refractivity contribution in [2.75, 3.05) is 6.54 Å². The van der Waals surface area contributed by atoms with Crippen molar-refractivity contribution in [3.63, 3.8) is 0 Å². The van der Waals surface area contributed by atoms with Crippen LogP contribution in [0.4, 0.5) is 4.79 Å². The van der Waals surface area contributed by atoms with E-state index in [-0.39, 0.29) is 5.41 Å². The first-order chi connectivity index (χ1) is 9.21. The molecule has 4 heteroatoms. The van der Waals surface area contributed by atoms with Crippen molar-refractivity contribution >= 4 is 6.09 Å². The Morgan fingerprint density at radius 1 is 1.30 bits per heavy atom. The summed E-state index contributed by atoms with van der Waals surface area (Å²) in [7, 11) is 0. The summed E-state index contributed by atoms with van der Waals surface area (Å²) in [5.41, 5.74) is 4.32. The molecule has 0 saturated heterocycles. The van der Waals surface area contributed by atoms with Gasteiger partial charge in [0.1, 0.15) is 0 Å². The van der Waals surface area contributed by atoms with E-state index < -0.39 is 12.2 Å². The van der Waals surface area contributed by atoms with Gasteiger partial charge in [0.2, 0.25) is 0 Å². The minimum Gasteiger partial charge on any atom is -0.465 e. The largest absolute Gasteiger partial charge is 0.465 e. The fraction of sp³-hybridized carbons (Fsp3) is 0.562. The second-order valence-corrected chi connectivity index (χ2v) is 6.54. The van der Waals surface area contributed by atoms with Crippen LogP contribution in [-0.2, 0) is 18.4 Å². The normalized spacial score (nSPS) is 16.8. The molecule has 110 valence electrons. The van der Waals surface area contributed by atoms with Gasteiger partial charge in [-0.15, -0.1) is 0 Å². The monoisotopic (exact) mass is 277 g/mol. The van der Waals surface area contributed by atoms with Gasteiger partial charge in [-0.1, -0.05) is 32.9 Å². The third-order valence-electron chi connectivity index (χ3n) is 3.98. The smallest absolute Gasteiger partial charge is 0.407 e. The quantitative estimate of drug-likeness (QED) is 0.829. The second-order valence-electron chi connectivity index (χ2n) is 6.54. The Morgan fingerprint density at radius 2 is 1.95 bits per heavy atom. The van der Waals surface area contributed by atoms with Crippen LogP contribution >= 0.6 is 0 Å². The lowest BCUT2D eigenvalue weighted by molar-refractivity contribution is 0.138. The number of benzene rings is 1. The molecule has 2 rings (SSSR count). The molecule has 1 aliphatic heterocycles. The highest BCUT2D eigenvalue weighted by Crippen LogP contribution is 2.35. The summed E-state index contributed by atoms with van der Waals surface area (Å²) in [5, 5.41) is 19.1. The number of hydrogen-bond acceptors (Lipinski definition) is 2. The first kappa shape index (κ1) is 14.9. The summed E-state index contributed by atoms with van der Waals surface area (Å²) in [6, 6.07) is 4.02. The Morgan fingerprint density at radius 3 is 2.45 bits per heavy atom. The zero-order chi connectivity index (χ0) is 15.1. The summed E-state index contributed by atoms with van der Waals surface area (Å²) in [5.74, 6) is 0. The highest BCUT2D eigenvalue weighted by Gasteiger charge is 2.28. The number of aliphatic hydroxyl groups excluding tert-OH is 1. The van der Waals surface area contributed by atoms with Crippen molar-refractivity contribution < 1.29 is 15.0 Å². The first-order valence-electron chi connectivity index (χ1n) is 7.03. The van der Waals surface area contributed by atoms with Crippen molar-refractivity contribution in [3.8, 4) is 0 Å². The van der Waals surface area contributed by atoms with Crippen molar-refractivity contribution in [2.24, 2.45) is 0 Å². The van der Waals surface area contributed by atoms with Gasteiger partial charge in [0, 0.05) is 13.1 Å². The van der Waals surface area contributed by atoms with Gasteiger partial charge >= 0.3 is 6.09 Å². The maximum atomic E-state index is 11.2. The van der Waals surface area contributed by atoms with Crippen molar-refractivity contribution in [2.45, 2.75) is 52.2 Å². The lowest BCUT2D eigenvalue weighted by atomic mass is 9.78. The molecular formula is C16H23NO3. The summed E-state index contributed by atoms with van der Waals surface area (Å²) in [6.07, 6.45) is -0.755. The van der Waals surface area contributed by atoms with Gasteiger partial charge in [0.15, 0.2) is 0 Å². The van der Waals surface area contributed by atoms with Crippen molar-refractivity contribution in [3.05, 3.63) is 34.4 Å². The Bertz CT molecular complexity index is 529. The maximum absolute atomic E-state index is 11.2. The van der Waals surface area contributed by atoms with Crippen LogP contribution in [0.25, 0.3) is 0 Å². The third-order valence-corrected chi connectivity index (χ3v) is 3.98. The molecule has 0 saturated carbocycles. The van der Waals surface area contributed by atoms with E-state index in [0.29, 0.717) is 13.1 Å². The van der Waals surface area contributed by atoms with Gasteiger partial charge in [-0.3, -0.25) is 0 Å². The summed E-state index contributed by atoms with van der Waals surface area (Å²) < 4.78 is 0.